The third-order valence-electron chi connectivity index (χ3n) is 3.33. The highest BCUT2D eigenvalue weighted by Crippen LogP contribution is 2.29. The van der Waals surface area contributed by atoms with E-state index in [1.165, 1.54) is 12.1 Å². The van der Waals surface area contributed by atoms with Crippen LogP contribution < -0.4 is 10.1 Å². The Balaban J connectivity index is 1.76. The number of non-ortho nitro benzene ring substituents is 1. The molecule has 0 saturated carbocycles. The molecule has 6 nitrogen and oxygen atoms in total. The summed E-state index contributed by atoms with van der Waals surface area (Å²) in [6.07, 6.45) is -0.617. The molecule has 0 bridgehead atoms. The summed E-state index contributed by atoms with van der Waals surface area (Å²) in [5, 5.41) is 13.4. The lowest BCUT2D eigenvalue weighted by atomic mass is 9.93. The second kappa shape index (κ2) is 5.24. The van der Waals surface area contributed by atoms with Gasteiger partial charge in [0.2, 0.25) is 6.10 Å². The van der Waals surface area contributed by atoms with E-state index in [-0.39, 0.29) is 17.6 Å². The standard InChI is InChI=1S/C15H12N2O4/c18-15-14(21-12-4-2-1-3-5-12)13(16-15)10-6-8-11(9-7-10)17(19)20/h1-9,13-14H,(H,16,18)/t13-,14+/m0/s1. The average Bonchev–Trinajstić information content (AvgIpc) is 2.51. The minimum atomic E-state index is -0.617. The average molecular weight is 284 g/mol. The Kier molecular flexibility index (Phi) is 3.27. The molecule has 21 heavy (non-hydrogen) atoms. The summed E-state index contributed by atoms with van der Waals surface area (Å²) in [4.78, 5) is 21.8. The van der Waals surface area contributed by atoms with Gasteiger partial charge in [0.1, 0.15) is 11.8 Å². The number of amides is 1. The Labute approximate surface area is 120 Å². The summed E-state index contributed by atoms with van der Waals surface area (Å²) >= 11 is 0. The van der Waals surface area contributed by atoms with Gasteiger partial charge in [0, 0.05) is 12.1 Å². The maximum Gasteiger partial charge on any atom is 0.269 e. The molecular weight excluding hydrogens is 272 g/mol. The maximum absolute atomic E-state index is 11.6. The van der Waals surface area contributed by atoms with Gasteiger partial charge in [-0.05, 0) is 29.8 Å². The molecule has 1 aliphatic rings. The third-order valence-corrected chi connectivity index (χ3v) is 3.33. The first kappa shape index (κ1) is 13.1. The summed E-state index contributed by atoms with van der Waals surface area (Å²) in [5.74, 6) is 0.423. The van der Waals surface area contributed by atoms with Crippen molar-refractivity contribution in [2.75, 3.05) is 0 Å². The Bertz CT molecular complexity index is 670. The van der Waals surface area contributed by atoms with Gasteiger partial charge in [-0.3, -0.25) is 14.9 Å². The SMILES string of the molecule is O=C1N[C@@H](c2ccc([N+](=O)[O-])cc2)[C@H]1Oc1ccccc1. The Morgan fingerprint density at radius 1 is 1.05 bits per heavy atom. The van der Waals surface area contributed by atoms with E-state index in [0.29, 0.717) is 5.75 Å². The molecule has 106 valence electrons. The lowest BCUT2D eigenvalue weighted by molar-refractivity contribution is -0.384. The van der Waals surface area contributed by atoms with Crippen molar-refractivity contribution >= 4 is 11.6 Å². The summed E-state index contributed by atoms with van der Waals surface area (Å²) in [6.45, 7) is 0. The molecule has 6 heteroatoms. The van der Waals surface area contributed by atoms with Crippen molar-refractivity contribution in [2.24, 2.45) is 0 Å². The van der Waals surface area contributed by atoms with Gasteiger partial charge in [0.25, 0.3) is 11.6 Å². The molecular formula is C15H12N2O4. The van der Waals surface area contributed by atoms with Crippen LogP contribution >= 0.6 is 0 Å². The summed E-state index contributed by atoms with van der Waals surface area (Å²) in [6, 6.07) is 14.9. The maximum atomic E-state index is 11.6. The highest BCUT2D eigenvalue weighted by molar-refractivity contribution is 5.89. The lowest BCUT2D eigenvalue weighted by Gasteiger charge is -2.36. The number of ether oxygens (including phenoxy) is 1. The van der Waals surface area contributed by atoms with Gasteiger partial charge >= 0.3 is 0 Å². The van der Waals surface area contributed by atoms with Gasteiger partial charge in [0.05, 0.1) is 4.92 Å². The van der Waals surface area contributed by atoms with Crippen LogP contribution in [0.4, 0.5) is 5.69 Å². The Hall–Kier alpha value is -2.89. The van der Waals surface area contributed by atoms with Crippen LogP contribution in [0.2, 0.25) is 0 Å². The zero-order valence-corrected chi connectivity index (χ0v) is 10.9. The van der Waals surface area contributed by atoms with Crippen LogP contribution in [0.1, 0.15) is 11.6 Å². The first-order valence-electron chi connectivity index (χ1n) is 6.41. The smallest absolute Gasteiger partial charge is 0.269 e. The van der Waals surface area contributed by atoms with E-state index in [9.17, 15) is 14.9 Å². The predicted octanol–water partition coefficient (Wildman–Crippen LogP) is 2.21. The molecule has 1 amide bonds. The van der Waals surface area contributed by atoms with Crippen LogP contribution in [0.25, 0.3) is 0 Å². The molecule has 2 aromatic carbocycles. The van der Waals surface area contributed by atoms with Crippen LogP contribution in [0.3, 0.4) is 0 Å². The number of carbonyl (C=O) groups is 1. The van der Waals surface area contributed by atoms with E-state index in [0.717, 1.165) is 5.56 Å². The van der Waals surface area contributed by atoms with Crippen LogP contribution in [0.5, 0.6) is 5.75 Å². The van der Waals surface area contributed by atoms with Crippen LogP contribution in [-0.4, -0.2) is 16.9 Å². The minimum absolute atomic E-state index is 0.0185. The van der Waals surface area contributed by atoms with Gasteiger partial charge in [-0.15, -0.1) is 0 Å². The molecule has 2 aromatic rings. The summed E-state index contributed by atoms with van der Waals surface area (Å²) in [5.41, 5.74) is 0.797. The molecule has 3 rings (SSSR count). The molecule has 0 unspecified atom stereocenters. The number of hydrogen-bond donors (Lipinski definition) is 1. The third kappa shape index (κ3) is 2.55. The van der Waals surface area contributed by atoms with Crippen molar-refractivity contribution < 1.29 is 14.5 Å². The molecule has 1 aliphatic heterocycles. The van der Waals surface area contributed by atoms with Crippen molar-refractivity contribution in [2.45, 2.75) is 12.1 Å². The highest BCUT2D eigenvalue weighted by Gasteiger charge is 2.42. The summed E-state index contributed by atoms with van der Waals surface area (Å²) < 4.78 is 5.66. The minimum Gasteiger partial charge on any atom is -0.478 e. The van der Waals surface area contributed by atoms with E-state index in [4.69, 9.17) is 4.74 Å². The number of carbonyl (C=O) groups excluding carboxylic acids is 1. The molecule has 0 aliphatic carbocycles. The predicted molar refractivity (Wildman–Crippen MR) is 74.8 cm³/mol. The first-order chi connectivity index (χ1) is 10.1. The number of nitrogens with zero attached hydrogens (tertiary/aromatic N) is 1. The van der Waals surface area contributed by atoms with E-state index in [2.05, 4.69) is 5.32 Å². The van der Waals surface area contributed by atoms with E-state index >= 15 is 0 Å². The topological polar surface area (TPSA) is 81.5 Å². The number of nitro groups is 1. The number of benzene rings is 2. The number of nitrogens with one attached hydrogen (secondary N) is 1. The second-order valence-corrected chi connectivity index (χ2v) is 4.69. The normalized spacial score (nSPS) is 20.3. The van der Waals surface area contributed by atoms with E-state index in [1.807, 2.05) is 18.2 Å². The van der Waals surface area contributed by atoms with Crippen LogP contribution in [0, 0.1) is 10.1 Å². The van der Waals surface area contributed by atoms with Crippen molar-refractivity contribution in [3.05, 3.63) is 70.3 Å². The number of β-lactam (4-membered cyclic amide) rings is 1. The van der Waals surface area contributed by atoms with E-state index < -0.39 is 11.0 Å². The van der Waals surface area contributed by atoms with Gasteiger partial charge < -0.3 is 10.1 Å². The van der Waals surface area contributed by atoms with Crippen molar-refractivity contribution in [1.82, 2.24) is 5.32 Å². The summed E-state index contributed by atoms with van der Waals surface area (Å²) in [7, 11) is 0. The molecule has 1 fully saturated rings. The molecule has 1 saturated heterocycles. The first-order valence-corrected chi connectivity index (χ1v) is 6.41. The van der Waals surface area contributed by atoms with Crippen LogP contribution in [0.15, 0.2) is 54.6 Å². The molecule has 0 spiro atoms. The van der Waals surface area contributed by atoms with Gasteiger partial charge in [-0.25, -0.2) is 0 Å². The van der Waals surface area contributed by atoms with Gasteiger partial charge in [-0.2, -0.15) is 0 Å². The van der Waals surface area contributed by atoms with E-state index in [1.54, 1.807) is 24.3 Å². The fourth-order valence-electron chi connectivity index (χ4n) is 2.19. The van der Waals surface area contributed by atoms with Crippen molar-refractivity contribution in [3.8, 4) is 5.75 Å². The molecule has 1 heterocycles. The molecule has 0 aromatic heterocycles. The lowest BCUT2D eigenvalue weighted by Crippen LogP contribution is -2.58. The molecule has 1 N–H and O–H groups in total. The number of rotatable bonds is 4. The Morgan fingerprint density at radius 2 is 1.71 bits per heavy atom. The second-order valence-electron chi connectivity index (χ2n) is 4.69. The quantitative estimate of drug-likeness (QED) is 0.530. The fourth-order valence-corrected chi connectivity index (χ4v) is 2.19. The van der Waals surface area contributed by atoms with Gasteiger partial charge in [-0.1, -0.05) is 18.2 Å². The monoisotopic (exact) mass is 284 g/mol. The highest BCUT2D eigenvalue weighted by atomic mass is 16.6. The zero-order chi connectivity index (χ0) is 14.8. The number of hydrogen-bond acceptors (Lipinski definition) is 4. The van der Waals surface area contributed by atoms with Crippen molar-refractivity contribution in [3.63, 3.8) is 0 Å². The largest absolute Gasteiger partial charge is 0.478 e. The zero-order valence-electron chi connectivity index (χ0n) is 10.9. The van der Waals surface area contributed by atoms with Gasteiger partial charge in [0.15, 0.2) is 0 Å². The Morgan fingerprint density at radius 3 is 2.29 bits per heavy atom. The van der Waals surface area contributed by atoms with Crippen molar-refractivity contribution in [1.29, 1.82) is 0 Å². The van der Waals surface area contributed by atoms with Crippen LogP contribution in [-0.2, 0) is 4.79 Å². The number of para-hydroxylation sites is 1. The molecule has 2 atom stereocenters. The fraction of sp³-hybridized carbons (Fsp3) is 0.133. The number of nitro benzene ring substituents is 1. The molecule has 0 radical (unpaired) electrons.